The molecule has 1 aliphatic heterocycles. The summed E-state index contributed by atoms with van der Waals surface area (Å²) < 4.78 is 2.64. The van der Waals surface area contributed by atoms with Gasteiger partial charge in [-0.2, -0.15) is 0 Å². The predicted molar refractivity (Wildman–Crippen MR) is 69.5 cm³/mol. The molecule has 1 unspecified atom stereocenters. The second kappa shape index (κ2) is 4.83. The molecule has 84 valence electrons. The van der Waals surface area contributed by atoms with Gasteiger partial charge in [0.2, 0.25) is 0 Å². The molecule has 15 heavy (non-hydrogen) atoms. The Balaban J connectivity index is 2.17. The molecule has 1 fully saturated rings. The van der Waals surface area contributed by atoms with Gasteiger partial charge in [-0.1, -0.05) is 13.3 Å². The lowest BCUT2D eigenvalue weighted by molar-refractivity contribution is 0.472. The average molecular weight is 242 g/mol. The Labute approximate surface area is 100 Å². The van der Waals surface area contributed by atoms with Gasteiger partial charge in [-0.25, -0.2) is 4.98 Å². The molecule has 1 aliphatic rings. The van der Waals surface area contributed by atoms with E-state index in [4.69, 9.17) is 0 Å². The van der Waals surface area contributed by atoms with E-state index in [1.54, 1.807) is 0 Å². The number of thioether (sulfide) groups is 2. The molecule has 1 aromatic rings. The maximum Gasteiger partial charge on any atom is 0.0949 e. The Bertz CT molecular complexity index is 292. The predicted octanol–water partition coefficient (Wildman–Crippen LogP) is 3.42. The molecular formula is C11H18N2S2. The lowest BCUT2D eigenvalue weighted by Gasteiger charge is -2.34. The fourth-order valence-corrected chi connectivity index (χ4v) is 5.75. The normalized spacial score (nSPS) is 21.7. The van der Waals surface area contributed by atoms with Crippen molar-refractivity contribution in [1.82, 2.24) is 9.55 Å². The summed E-state index contributed by atoms with van der Waals surface area (Å²) in [6, 6.07) is 0.539. The molecule has 2 rings (SSSR count). The van der Waals surface area contributed by atoms with Crippen LogP contribution in [0.3, 0.4) is 0 Å². The van der Waals surface area contributed by atoms with Crippen LogP contribution < -0.4 is 0 Å². The minimum Gasteiger partial charge on any atom is -0.332 e. The molecule has 1 aromatic heterocycles. The number of nitrogens with zero attached hydrogens (tertiary/aromatic N) is 2. The van der Waals surface area contributed by atoms with Crippen LogP contribution in [-0.4, -0.2) is 25.1 Å². The van der Waals surface area contributed by atoms with Crippen LogP contribution in [0, 0.1) is 0 Å². The lowest BCUT2D eigenvalue weighted by atomic mass is 10.1. The molecular weight excluding hydrogens is 224 g/mol. The Morgan fingerprint density at radius 3 is 2.73 bits per heavy atom. The largest absolute Gasteiger partial charge is 0.332 e. The molecule has 0 amide bonds. The van der Waals surface area contributed by atoms with E-state index >= 15 is 0 Å². The van der Waals surface area contributed by atoms with Gasteiger partial charge in [0.25, 0.3) is 0 Å². The molecule has 1 atom stereocenters. The summed E-state index contributed by atoms with van der Waals surface area (Å²) in [5.41, 5.74) is 0. The first kappa shape index (κ1) is 11.4. The van der Waals surface area contributed by atoms with Crippen molar-refractivity contribution in [1.29, 1.82) is 0 Å². The van der Waals surface area contributed by atoms with Gasteiger partial charge in [-0.05, 0) is 13.3 Å². The first-order chi connectivity index (χ1) is 7.28. The van der Waals surface area contributed by atoms with E-state index < -0.39 is 0 Å². The Morgan fingerprint density at radius 2 is 2.20 bits per heavy atom. The van der Waals surface area contributed by atoms with Gasteiger partial charge in [-0.15, -0.1) is 23.5 Å². The van der Waals surface area contributed by atoms with Crippen molar-refractivity contribution in [3.8, 4) is 0 Å². The van der Waals surface area contributed by atoms with Gasteiger partial charge >= 0.3 is 0 Å². The SMILES string of the molecule is CCCC1(C(C)n2ccnc2)SCCS1. The molecule has 0 bridgehead atoms. The number of hydrogen-bond donors (Lipinski definition) is 0. The first-order valence-electron chi connectivity index (χ1n) is 5.54. The van der Waals surface area contributed by atoms with Crippen LogP contribution in [0.4, 0.5) is 0 Å². The van der Waals surface area contributed by atoms with Gasteiger partial charge in [0.05, 0.1) is 16.4 Å². The van der Waals surface area contributed by atoms with E-state index in [1.807, 2.05) is 12.5 Å². The van der Waals surface area contributed by atoms with E-state index in [2.05, 4.69) is 53.1 Å². The summed E-state index contributed by atoms with van der Waals surface area (Å²) in [6.07, 6.45) is 8.46. The molecule has 0 aromatic carbocycles. The fourth-order valence-electron chi connectivity index (χ4n) is 2.14. The van der Waals surface area contributed by atoms with E-state index in [0.717, 1.165) is 0 Å². The number of aromatic nitrogens is 2. The van der Waals surface area contributed by atoms with E-state index in [-0.39, 0.29) is 0 Å². The van der Waals surface area contributed by atoms with Crippen LogP contribution >= 0.6 is 23.5 Å². The topological polar surface area (TPSA) is 17.8 Å². The molecule has 1 saturated heterocycles. The number of hydrogen-bond acceptors (Lipinski definition) is 3. The van der Waals surface area contributed by atoms with Crippen molar-refractivity contribution < 1.29 is 0 Å². The highest BCUT2D eigenvalue weighted by Gasteiger charge is 2.40. The van der Waals surface area contributed by atoms with Crippen LogP contribution in [-0.2, 0) is 0 Å². The Hall–Kier alpha value is -0.0900. The summed E-state index contributed by atoms with van der Waals surface area (Å²) in [5, 5.41) is 0. The van der Waals surface area contributed by atoms with Crippen molar-refractivity contribution in [3.63, 3.8) is 0 Å². The van der Waals surface area contributed by atoms with Crippen molar-refractivity contribution in [2.45, 2.75) is 36.8 Å². The zero-order valence-electron chi connectivity index (χ0n) is 9.35. The number of imidazole rings is 1. The average Bonchev–Trinajstić information content (AvgIpc) is 2.88. The molecule has 4 heteroatoms. The summed E-state index contributed by atoms with van der Waals surface area (Å²) in [7, 11) is 0. The molecule has 2 heterocycles. The van der Waals surface area contributed by atoms with Gasteiger partial charge < -0.3 is 4.57 Å². The maximum atomic E-state index is 4.15. The smallest absolute Gasteiger partial charge is 0.0949 e. The summed E-state index contributed by atoms with van der Waals surface area (Å²) in [4.78, 5) is 4.15. The van der Waals surface area contributed by atoms with E-state index in [9.17, 15) is 0 Å². The second-order valence-electron chi connectivity index (χ2n) is 3.94. The highest BCUT2D eigenvalue weighted by molar-refractivity contribution is 8.21. The van der Waals surface area contributed by atoms with E-state index in [0.29, 0.717) is 10.1 Å². The van der Waals surface area contributed by atoms with Gasteiger partial charge in [0.15, 0.2) is 0 Å². The standard InChI is InChI=1S/C11H18N2S2/c1-3-4-11(14-7-8-15-11)10(2)13-6-5-12-9-13/h5-6,9-10H,3-4,7-8H2,1-2H3. The third kappa shape index (κ3) is 2.21. The Morgan fingerprint density at radius 1 is 1.47 bits per heavy atom. The molecule has 0 radical (unpaired) electrons. The number of rotatable bonds is 4. The monoisotopic (exact) mass is 242 g/mol. The van der Waals surface area contributed by atoms with Crippen LogP contribution in [0.15, 0.2) is 18.7 Å². The van der Waals surface area contributed by atoms with Crippen LogP contribution in [0.1, 0.15) is 32.7 Å². The van der Waals surface area contributed by atoms with Crippen LogP contribution in [0.25, 0.3) is 0 Å². The molecule has 0 spiro atoms. The zero-order chi connectivity index (χ0) is 10.7. The second-order valence-corrected chi connectivity index (χ2v) is 7.05. The highest BCUT2D eigenvalue weighted by atomic mass is 32.2. The van der Waals surface area contributed by atoms with Gasteiger partial charge in [0, 0.05) is 23.9 Å². The highest BCUT2D eigenvalue weighted by Crippen LogP contribution is 2.53. The maximum absolute atomic E-state index is 4.15. The molecule has 0 aliphatic carbocycles. The van der Waals surface area contributed by atoms with Crippen molar-refractivity contribution in [2.24, 2.45) is 0 Å². The van der Waals surface area contributed by atoms with E-state index in [1.165, 1.54) is 24.3 Å². The Kier molecular flexibility index (Phi) is 3.67. The van der Waals surface area contributed by atoms with Crippen molar-refractivity contribution >= 4 is 23.5 Å². The molecule has 0 N–H and O–H groups in total. The van der Waals surface area contributed by atoms with Crippen LogP contribution in [0.2, 0.25) is 0 Å². The van der Waals surface area contributed by atoms with Gasteiger partial charge in [0.1, 0.15) is 0 Å². The lowest BCUT2D eigenvalue weighted by Crippen LogP contribution is -2.28. The van der Waals surface area contributed by atoms with Crippen molar-refractivity contribution in [3.05, 3.63) is 18.7 Å². The molecule has 0 saturated carbocycles. The minimum atomic E-state index is 0.384. The zero-order valence-corrected chi connectivity index (χ0v) is 11.0. The minimum absolute atomic E-state index is 0.384. The van der Waals surface area contributed by atoms with Crippen LogP contribution in [0.5, 0.6) is 0 Å². The quantitative estimate of drug-likeness (QED) is 0.805. The summed E-state index contributed by atoms with van der Waals surface area (Å²) in [5.74, 6) is 2.59. The third-order valence-corrected chi connectivity index (χ3v) is 6.83. The van der Waals surface area contributed by atoms with Crippen molar-refractivity contribution in [2.75, 3.05) is 11.5 Å². The summed E-state index contributed by atoms with van der Waals surface area (Å²) >= 11 is 4.27. The van der Waals surface area contributed by atoms with Gasteiger partial charge in [-0.3, -0.25) is 0 Å². The fraction of sp³-hybridized carbons (Fsp3) is 0.727. The third-order valence-electron chi connectivity index (χ3n) is 2.98. The first-order valence-corrected chi connectivity index (χ1v) is 7.51. The molecule has 2 nitrogen and oxygen atoms in total. The summed E-state index contributed by atoms with van der Waals surface area (Å²) in [6.45, 7) is 4.60.